The molecule has 5 unspecified atom stereocenters. The minimum absolute atomic E-state index is 0.0957. The first-order valence-electron chi connectivity index (χ1n) is 11.8. The minimum atomic E-state index is -0.748. The number of carbonyl (C=O) groups is 1. The van der Waals surface area contributed by atoms with Crippen molar-refractivity contribution in [3.63, 3.8) is 0 Å². The van der Waals surface area contributed by atoms with Crippen molar-refractivity contribution in [1.29, 1.82) is 0 Å². The zero-order valence-corrected chi connectivity index (χ0v) is 18.3. The van der Waals surface area contributed by atoms with Gasteiger partial charge in [-0.1, -0.05) is 20.8 Å². The summed E-state index contributed by atoms with van der Waals surface area (Å²) in [6.07, 6.45) is 6.00. The Morgan fingerprint density at radius 2 is 1.76 bits per heavy atom. The maximum atomic E-state index is 11.5. The first-order chi connectivity index (χ1) is 13.6. The Hall–Kier alpha value is -0.650. The fraction of sp³-hybridized carbons (Fsp3) is 0.958. The second kappa shape index (κ2) is 7.49. The number of aliphatic hydroxyl groups excluding tert-OH is 3. The number of hydrogen-bond donors (Lipinski definition) is 4. The number of hydrogen-bond acceptors (Lipinski definition) is 4. The highest BCUT2D eigenvalue weighted by Crippen LogP contribution is 2.68. The van der Waals surface area contributed by atoms with E-state index < -0.39 is 12.1 Å². The molecule has 5 nitrogen and oxygen atoms in total. The van der Waals surface area contributed by atoms with Gasteiger partial charge >= 0.3 is 5.97 Å². The molecule has 0 aromatic heterocycles. The van der Waals surface area contributed by atoms with Gasteiger partial charge in [-0.25, -0.2) is 0 Å². The van der Waals surface area contributed by atoms with Crippen molar-refractivity contribution in [3.8, 4) is 0 Å². The second-order valence-corrected chi connectivity index (χ2v) is 11.4. The average Bonchev–Trinajstić information content (AvgIpc) is 3.01. The lowest BCUT2D eigenvalue weighted by Gasteiger charge is -2.63. The number of carboxylic acid groups (broad SMARTS) is 1. The lowest BCUT2D eigenvalue weighted by Crippen LogP contribution is -2.62. The Labute approximate surface area is 174 Å². The molecule has 0 amide bonds. The van der Waals surface area contributed by atoms with Crippen LogP contribution in [0.2, 0.25) is 0 Å². The highest BCUT2D eigenvalue weighted by molar-refractivity contribution is 5.66. The van der Waals surface area contributed by atoms with E-state index >= 15 is 0 Å². The van der Waals surface area contributed by atoms with Gasteiger partial charge in [0.15, 0.2) is 0 Å². The predicted molar refractivity (Wildman–Crippen MR) is 110 cm³/mol. The van der Waals surface area contributed by atoms with Gasteiger partial charge in [-0.15, -0.1) is 0 Å². The quantitative estimate of drug-likeness (QED) is 0.571. The molecule has 5 heteroatoms. The zero-order valence-electron chi connectivity index (χ0n) is 18.3. The smallest absolute Gasteiger partial charge is 0.303 e. The van der Waals surface area contributed by atoms with E-state index in [1.807, 2.05) is 0 Å². The molecule has 0 saturated heterocycles. The highest BCUT2D eigenvalue weighted by Gasteiger charge is 2.65. The van der Waals surface area contributed by atoms with Crippen LogP contribution in [0, 0.1) is 46.3 Å². The maximum absolute atomic E-state index is 11.5. The summed E-state index contributed by atoms with van der Waals surface area (Å²) in [5.74, 6) is 0.997. The fourth-order valence-corrected chi connectivity index (χ4v) is 8.68. The molecule has 4 fully saturated rings. The first kappa shape index (κ1) is 21.6. The van der Waals surface area contributed by atoms with Crippen molar-refractivity contribution in [2.75, 3.05) is 0 Å². The molecule has 0 heterocycles. The van der Waals surface area contributed by atoms with Gasteiger partial charge in [0.2, 0.25) is 0 Å². The molecule has 0 aliphatic heterocycles. The van der Waals surface area contributed by atoms with Gasteiger partial charge in [0.05, 0.1) is 18.3 Å². The Bertz CT molecular complexity index is 637. The van der Waals surface area contributed by atoms with Crippen LogP contribution in [-0.2, 0) is 4.79 Å². The lowest BCUT2D eigenvalue weighted by molar-refractivity contribution is -0.207. The summed E-state index contributed by atoms with van der Waals surface area (Å²) in [5, 5.41) is 42.0. The van der Waals surface area contributed by atoms with Crippen molar-refractivity contribution >= 4 is 5.97 Å². The van der Waals surface area contributed by atoms with Gasteiger partial charge in [-0.2, -0.15) is 0 Å². The predicted octanol–water partition coefficient (Wildman–Crippen LogP) is 3.45. The molecule has 166 valence electrons. The summed E-state index contributed by atoms with van der Waals surface area (Å²) < 4.78 is 0. The van der Waals surface area contributed by atoms with Gasteiger partial charge in [0, 0.05) is 6.42 Å². The van der Waals surface area contributed by atoms with Crippen molar-refractivity contribution in [2.45, 2.75) is 96.9 Å². The number of rotatable bonds is 4. The van der Waals surface area contributed by atoms with Crippen molar-refractivity contribution in [2.24, 2.45) is 46.3 Å². The van der Waals surface area contributed by atoms with Crippen molar-refractivity contribution in [1.82, 2.24) is 0 Å². The fourth-order valence-electron chi connectivity index (χ4n) is 8.68. The van der Waals surface area contributed by atoms with Gasteiger partial charge in [-0.05, 0) is 97.7 Å². The molecule has 4 aliphatic rings. The Morgan fingerprint density at radius 3 is 2.45 bits per heavy atom. The van der Waals surface area contributed by atoms with Gasteiger partial charge in [-0.3, -0.25) is 4.79 Å². The molecule has 11 atom stereocenters. The third-order valence-electron chi connectivity index (χ3n) is 10.3. The molecular formula is C24H40O5. The number of fused-ring (bicyclic) bond motifs is 5. The summed E-state index contributed by atoms with van der Waals surface area (Å²) in [7, 11) is 0. The standard InChI is InChI=1S/C24H40O5/c1-13(4-7-21(28)29)16-5-6-17-22-18(12-20(27)24(16,17)3)23(2)9-8-15(25)10-14(23)11-19(22)26/h13-20,22,25-27H,4-12H2,1-3H3,(H,28,29)/t13-,14?,15+,16+,17?,18+,19+,20-,22?,23?,24?/m1/s1. The summed E-state index contributed by atoms with van der Waals surface area (Å²) in [6, 6.07) is 0. The van der Waals surface area contributed by atoms with Crippen LogP contribution in [0.5, 0.6) is 0 Å². The van der Waals surface area contributed by atoms with Gasteiger partial charge in [0.1, 0.15) is 0 Å². The highest BCUT2D eigenvalue weighted by atomic mass is 16.4. The number of aliphatic carboxylic acids is 1. The molecule has 0 radical (unpaired) electrons. The van der Waals surface area contributed by atoms with E-state index in [2.05, 4.69) is 20.8 Å². The number of carboxylic acids is 1. The second-order valence-electron chi connectivity index (χ2n) is 11.4. The summed E-state index contributed by atoms with van der Waals surface area (Å²) in [5.41, 5.74) is -0.143. The molecule has 0 spiro atoms. The van der Waals surface area contributed by atoms with Gasteiger partial charge < -0.3 is 20.4 Å². The van der Waals surface area contributed by atoms with Crippen molar-refractivity contribution < 1.29 is 25.2 Å². The molecule has 4 aliphatic carbocycles. The van der Waals surface area contributed by atoms with Crippen molar-refractivity contribution in [3.05, 3.63) is 0 Å². The van der Waals surface area contributed by atoms with Gasteiger partial charge in [0.25, 0.3) is 0 Å². The molecule has 4 saturated carbocycles. The Balaban J connectivity index is 1.61. The Morgan fingerprint density at radius 1 is 1.03 bits per heavy atom. The molecule has 0 bridgehead atoms. The number of aliphatic hydroxyl groups is 3. The monoisotopic (exact) mass is 408 g/mol. The summed E-state index contributed by atoms with van der Waals surface area (Å²) >= 11 is 0. The van der Waals surface area contributed by atoms with E-state index in [9.17, 15) is 20.1 Å². The first-order valence-corrected chi connectivity index (χ1v) is 11.8. The molecule has 4 N–H and O–H groups in total. The third-order valence-corrected chi connectivity index (χ3v) is 10.3. The van der Waals surface area contributed by atoms with E-state index in [1.165, 1.54) is 0 Å². The van der Waals surface area contributed by atoms with Crippen LogP contribution in [0.25, 0.3) is 0 Å². The summed E-state index contributed by atoms with van der Waals surface area (Å²) in [4.78, 5) is 11.1. The van der Waals surface area contributed by atoms with Crippen LogP contribution < -0.4 is 0 Å². The van der Waals surface area contributed by atoms with E-state index in [4.69, 9.17) is 5.11 Å². The SMILES string of the molecule is C[C@H](CCC(=O)O)[C@@H]1CCC2C3[C@@H](O)CC4C[C@@H](O)CCC4(C)[C@H]3C[C@@H](O)C21C. The molecule has 0 aromatic carbocycles. The zero-order chi connectivity index (χ0) is 21.1. The molecule has 29 heavy (non-hydrogen) atoms. The molecule has 4 rings (SSSR count). The van der Waals surface area contributed by atoms with E-state index in [0.717, 1.165) is 44.9 Å². The largest absolute Gasteiger partial charge is 0.481 e. The van der Waals surface area contributed by atoms with E-state index in [1.54, 1.807) is 0 Å². The van der Waals surface area contributed by atoms with E-state index in [-0.39, 0.29) is 41.3 Å². The normalized spacial score (nSPS) is 52.9. The topological polar surface area (TPSA) is 98.0 Å². The molecular weight excluding hydrogens is 368 g/mol. The van der Waals surface area contributed by atoms with Crippen LogP contribution in [0.3, 0.4) is 0 Å². The van der Waals surface area contributed by atoms with Crippen LogP contribution in [-0.4, -0.2) is 44.7 Å². The minimum Gasteiger partial charge on any atom is -0.481 e. The maximum Gasteiger partial charge on any atom is 0.303 e. The van der Waals surface area contributed by atoms with Crippen LogP contribution in [0.15, 0.2) is 0 Å². The average molecular weight is 409 g/mol. The van der Waals surface area contributed by atoms with Crippen LogP contribution in [0.4, 0.5) is 0 Å². The summed E-state index contributed by atoms with van der Waals surface area (Å²) in [6.45, 7) is 6.72. The molecule has 0 aromatic rings. The Kier molecular flexibility index (Phi) is 5.57. The van der Waals surface area contributed by atoms with Crippen LogP contribution >= 0.6 is 0 Å². The van der Waals surface area contributed by atoms with Crippen LogP contribution in [0.1, 0.15) is 78.6 Å². The third kappa shape index (κ3) is 3.27. The van der Waals surface area contributed by atoms with E-state index in [0.29, 0.717) is 30.1 Å². The lowest BCUT2D eigenvalue weighted by atomic mass is 9.43.